The molecule has 158 valence electrons. The van der Waals surface area contributed by atoms with Gasteiger partial charge in [0.15, 0.2) is 0 Å². The van der Waals surface area contributed by atoms with E-state index >= 15 is 0 Å². The van der Waals surface area contributed by atoms with E-state index in [0.717, 1.165) is 34.6 Å². The first kappa shape index (κ1) is 21.2. The van der Waals surface area contributed by atoms with Gasteiger partial charge in [-0.15, -0.1) is 0 Å². The molecule has 0 amide bonds. The average molecular weight is 434 g/mol. The van der Waals surface area contributed by atoms with E-state index in [4.69, 9.17) is 20.8 Å². The Bertz CT molecular complexity index is 1250. The van der Waals surface area contributed by atoms with Crippen molar-refractivity contribution in [3.8, 4) is 5.75 Å². The van der Waals surface area contributed by atoms with Gasteiger partial charge in [-0.3, -0.25) is 4.90 Å². The van der Waals surface area contributed by atoms with Crippen LogP contribution in [0.1, 0.15) is 22.3 Å². The third-order valence-corrected chi connectivity index (χ3v) is 5.38. The van der Waals surface area contributed by atoms with Crippen molar-refractivity contribution in [1.29, 1.82) is 0 Å². The minimum absolute atomic E-state index is 0.349. The summed E-state index contributed by atoms with van der Waals surface area (Å²) in [6, 6.07) is 23.4. The van der Waals surface area contributed by atoms with E-state index in [2.05, 4.69) is 42.3 Å². The van der Waals surface area contributed by atoms with Crippen molar-refractivity contribution in [2.75, 3.05) is 7.05 Å². The molecule has 4 aromatic rings. The standard InChI is InChI=1S/C26H24ClNO3/c1-18-12-26(29)31-25-14-23(10-11-24(18)25)30-17-20-8-6-19(7-9-20)15-28(2)16-21-4-3-5-22(27)13-21/h3-14H,15-17H2,1-2H3. The summed E-state index contributed by atoms with van der Waals surface area (Å²) in [5.74, 6) is 0.673. The third kappa shape index (κ3) is 5.54. The predicted octanol–water partition coefficient (Wildman–Crippen LogP) is 5.97. The molecule has 31 heavy (non-hydrogen) atoms. The van der Waals surface area contributed by atoms with Crippen LogP contribution in [0.5, 0.6) is 5.75 Å². The second-order valence-electron chi connectivity index (χ2n) is 7.81. The van der Waals surface area contributed by atoms with Crippen LogP contribution < -0.4 is 10.4 Å². The molecule has 0 radical (unpaired) electrons. The largest absolute Gasteiger partial charge is 0.489 e. The van der Waals surface area contributed by atoms with Crippen molar-refractivity contribution in [1.82, 2.24) is 4.90 Å². The number of ether oxygens (including phenoxy) is 1. The minimum atomic E-state index is -0.349. The Morgan fingerprint density at radius 3 is 2.42 bits per heavy atom. The molecule has 0 N–H and O–H groups in total. The van der Waals surface area contributed by atoms with E-state index in [0.29, 0.717) is 17.9 Å². The van der Waals surface area contributed by atoms with Crippen molar-refractivity contribution in [2.24, 2.45) is 0 Å². The topological polar surface area (TPSA) is 42.7 Å². The van der Waals surface area contributed by atoms with E-state index in [1.54, 1.807) is 6.07 Å². The number of fused-ring (bicyclic) bond motifs is 1. The number of hydrogen-bond acceptors (Lipinski definition) is 4. The number of aryl methyl sites for hydroxylation is 1. The molecule has 4 rings (SSSR count). The molecular weight excluding hydrogens is 410 g/mol. The monoisotopic (exact) mass is 433 g/mol. The highest BCUT2D eigenvalue weighted by Crippen LogP contribution is 2.23. The lowest BCUT2D eigenvalue weighted by Crippen LogP contribution is -2.17. The van der Waals surface area contributed by atoms with Gasteiger partial charge in [0.1, 0.15) is 17.9 Å². The van der Waals surface area contributed by atoms with E-state index < -0.39 is 0 Å². The van der Waals surface area contributed by atoms with Gasteiger partial charge in [0.2, 0.25) is 0 Å². The first-order valence-electron chi connectivity index (χ1n) is 10.1. The fourth-order valence-corrected chi connectivity index (χ4v) is 3.83. The van der Waals surface area contributed by atoms with Gasteiger partial charge in [0.25, 0.3) is 0 Å². The van der Waals surface area contributed by atoms with Crippen LogP contribution >= 0.6 is 11.6 Å². The maximum Gasteiger partial charge on any atom is 0.336 e. The van der Waals surface area contributed by atoms with E-state index in [-0.39, 0.29) is 5.63 Å². The summed E-state index contributed by atoms with van der Waals surface area (Å²) in [6.07, 6.45) is 0. The summed E-state index contributed by atoms with van der Waals surface area (Å²) in [5, 5.41) is 1.68. The summed E-state index contributed by atoms with van der Waals surface area (Å²) < 4.78 is 11.2. The van der Waals surface area contributed by atoms with Crippen LogP contribution in [0, 0.1) is 6.92 Å². The molecule has 1 heterocycles. The van der Waals surface area contributed by atoms with E-state index in [1.165, 1.54) is 17.2 Å². The van der Waals surface area contributed by atoms with Crippen LogP contribution in [-0.4, -0.2) is 11.9 Å². The van der Waals surface area contributed by atoms with Gasteiger partial charge < -0.3 is 9.15 Å². The summed E-state index contributed by atoms with van der Waals surface area (Å²) >= 11 is 6.07. The Morgan fingerprint density at radius 1 is 0.903 bits per heavy atom. The Hall–Kier alpha value is -3.08. The highest BCUT2D eigenvalue weighted by Gasteiger charge is 2.06. The molecule has 0 unspecified atom stereocenters. The van der Waals surface area contributed by atoms with Gasteiger partial charge in [-0.25, -0.2) is 4.79 Å². The molecule has 0 saturated heterocycles. The Balaban J connectivity index is 1.35. The smallest absolute Gasteiger partial charge is 0.336 e. The SMILES string of the molecule is Cc1cc(=O)oc2cc(OCc3ccc(CN(C)Cc4cccc(Cl)c4)cc3)ccc12. The van der Waals surface area contributed by atoms with Crippen molar-refractivity contribution >= 4 is 22.6 Å². The van der Waals surface area contributed by atoms with Crippen LogP contribution in [0.25, 0.3) is 11.0 Å². The van der Waals surface area contributed by atoms with E-state index in [9.17, 15) is 4.79 Å². The molecule has 0 bridgehead atoms. The van der Waals surface area contributed by atoms with Crippen molar-refractivity contribution < 1.29 is 9.15 Å². The normalized spacial score (nSPS) is 11.2. The highest BCUT2D eigenvalue weighted by molar-refractivity contribution is 6.30. The van der Waals surface area contributed by atoms with Crippen LogP contribution in [-0.2, 0) is 19.7 Å². The predicted molar refractivity (Wildman–Crippen MR) is 125 cm³/mol. The molecule has 5 heteroatoms. The van der Waals surface area contributed by atoms with Gasteiger partial charge in [0.05, 0.1) is 0 Å². The highest BCUT2D eigenvalue weighted by atomic mass is 35.5. The fraction of sp³-hybridized carbons (Fsp3) is 0.192. The maximum atomic E-state index is 11.6. The lowest BCUT2D eigenvalue weighted by Gasteiger charge is -2.17. The molecule has 3 aromatic carbocycles. The van der Waals surface area contributed by atoms with Crippen molar-refractivity contribution in [2.45, 2.75) is 26.6 Å². The maximum absolute atomic E-state index is 11.6. The molecule has 0 aliphatic heterocycles. The van der Waals surface area contributed by atoms with Crippen molar-refractivity contribution in [3.63, 3.8) is 0 Å². The van der Waals surface area contributed by atoms with Gasteiger partial charge in [0, 0.05) is 35.6 Å². The molecule has 0 aliphatic carbocycles. The molecule has 0 saturated carbocycles. The number of rotatable bonds is 7. The fourth-order valence-electron chi connectivity index (χ4n) is 3.62. The van der Waals surface area contributed by atoms with E-state index in [1.807, 2.05) is 37.3 Å². The van der Waals surface area contributed by atoms with Crippen molar-refractivity contribution in [3.05, 3.63) is 110 Å². The molecule has 1 aromatic heterocycles. The molecule has 0 spiro atoms. The zero-order valence-corrected chi connectivity index (χ0v) is 18.4. The third-order valence-electron chi connectivity index (χ3n) is 5.15. The Morgan fingerprint density at radius 2 is 1.65 bits per heavy atom. The van der Waals surface area contributed by atoms with Gasteiger partial charge in [-0.1, -0.05) is 48.0 Å². The minimum Gasteiger partial charge on any atom is -0.489 e. The van der Waals surface area contributed by atoms with Crippen LogP contribution in [0.4, 0.5) is 0 Å². The molecule has 4 nitrogen and oxygen atoms in total. The number of hydrogen-bond donors (Lipinski definition) is 0. The summed E-state index contributed by atoms with van der Waals surface area (Å²) in [5.41, 5.74) is 4.59. The van der Waals surface area contributed by atoms with Gasteiger partial charge >= 0.3 is 5.63 Å². The molecule has 0 atom stereocenters. The second kappa shape index (κ2) is 9.38. The zero-order valence-electron chi connectivity index (χ0n) is 17.6. The average Bonchev–Trinajstić information content (AvgIpc) is 2.73. The van der Waals surface area contributed by atoms with Gasteiger partial charge in [-0.05, 0) is 60.5 Å². The summed E-state index contributed by atoms with van der Waals surface area (Å²) in [6.45, 7) is 4.02. The molecule has 0 aliphatic rings. The number of benzene rings is 3. The van der Waals surface area contributed by atoms with Crippen LogP contribution in [0.2, 0.25) is 5.02 Å². The lowest BCUT2D eigenvalue weighted by atomic mass is 10.1. The first-order valence-corrected chi connectivity index (χ1v) is 10.5. The summed E-state index contributed by atoms with van der Waals surface area (Å²) in [7, 11) is 2.09. The molecular formula is C26H24ClNO3. The lowest BCUT2D eigenvalue weighted by molar-refractivity contribution is 0.305. The summed E-state index contributed by atoms with van der Waals surface area (Å²) in [4.78, 5) is 13.9. The number of halogens is 1. The zero-order chi connectivity index (χ0) is 21.8. The first-order chi connectivity index (χ1) is 15.0. The number of nitrogens with zero attached hydrogens (tertiary/aromatic N) is 1. The van der Waals surface area contributed by atoms with Gasteiger partial charge in [-0.2, -0.15) is 0 Å². The Labute approximate surface area is 186 Å². The Kier molecular flexibility index (Phi) is 6.40. The molecule has 0 fully saturated rings. The second-order valence-corrected chi connectivity index (χ2v) is 8.25. The van der Waals surface area contributed by atoms with Crippen LogP contribution in [0.3, 0.4) is 0 Å². The quantitative estimate of drug-likeness (QED) is 0.337. The van der Waals surface area contributed by atoms with Crippen LogP contribution in [0.15, 0.2) is 82.0 Å².